The third-order valence-electron chi connectivity index (χ3n) is 5.95. The van der Waals surface area contributed by atoms with Crippen LogP contribution >= 0.6 is 0 Å². The zero-order valence-corrected chi connectivity index (χ0v) is 15.2. The lowest BCUT2D eigenvalue weighted by molar-refractivity contribution is -0.139. The van der Waals surface area contributed by atoms with E-state index in [-0.39, 0.29) is 29.7 Å². The molecule has 1 amide bonds. The van der Waals surface area contributed by atoms with Gasteiger partial charge in [-0.3, -0.25) is 4.79 Å². The van der Waals surface area contributed by atoms with Gasteiger partial charge in [-0.1, -0.05) is 24.6 Å². The summed E-state index contributed by atoms with van der Waals surface area (Å²) in [6.45, 7) is 0.694. The average molecular weight is 370 g/mol. The molecule has 2 aliphatic rings. The topological polar surface area (TPSA) is 46.3 Å². The van der Waals surface area contributed by atoms with Crippen molar-refractivity contribution in [3.8, 4) is 11.1 Å². The maximum absolute atomic E-state index is 14.3. The van der Waals surface area contributed by atoms with Gasteiger partial charge in [0.05, 0.1) is 6.04 Å². The maximum Gasteiger partial charge on any atom is 0.225 e. The zero-order chi connectivity index (χ0) is 19.0. The van der Waals surface area contributed by atoms with Gasteiger partial charge in [-0.15, -0.1) is 0 Å². The van der Waals surface area contributed by atoms with E-state index in [9.17, 15) is 13.6 Å². The Bertz CT molecular complexity index is 850. The fraction of sp³-hybridized carbons (Fsp3) is 0.409. The molecule has 1 heterocycles. The highest BCUT2D eigenvalue weighted by Gasteiger charge is 2.39. The molecule has 0 bridgehead atoms. The molecular weight excluding hydrogens is 346 g/mol. The minimum absolute atomic E-state index is 0.0658. The number of benzene rings is 2. The van der Waals surface area contributed by atoms with Crippen LogP contribution in [0.1, 0.15) is 31.2 Å². The Hall–Kier alpha value is -2.27. The standard InChI is InChI=1S/C22H24F2N2O/c23-17-6-2-5-16(13-17)18-11-14(7-8-19(18)24)12-21-20(25)9-10-26(21)22(27)15-3-1-4-15/h2,5-8,11,13,15,20-21H,1,3-4,9-10,12,25H2. The van der Waals surface area contributed by atoms with E-state index in [1.807, 2.05) is 4.90 Å². The number of hydrogen-bond donors (Lipinski definition) is 1. The van der Waals surface area contributed by atoms with Crippen molar-refractivity contribution in [3.63, 3.8) is 0 Å². The van der Waals surface area contributed by atoms with Crippen LogP contribution in [0.5, 0.6) is 0 Å². The summed E-state index contributed by atoms with van der Waals surface area (Å²) >= 11 is 0. The highest BCUT2D eigenvalue weighted by Crippen LogP contribution is 2.32. The van der Waals surface area contributed by atoms with Gasteiger partial charge in [0.15, 0.2) is 0 Å². The summed E-state index contributed by atoms with van der Waals surface area (Å²) in [4.78, 5) is 14.7. The first-order valence-corrected chi connectivity index (χ1v) is 9.63. The Morgan fingerprint density at radius 2 is 1.93 bits per heavy atom. The molecular formula is C22H24F2N2O. The zero-order valence-electron chi connectivity index (χ0n) is 15.2. The molecule has 27 heavy (non-hydrogen) atoms. The van der Waals surface area contributed by atoms with Crippen LogP contribution in [0.2, 0.25) is 0 Å². The Balaban J connectivity index is 1.58. The minimum atomic E-state index is -0.396. The molecule has 0 aromatic heterocycles. The van der Waals surface area contributed by atoms with Crippen LogP contribution in [0, 0.1) is 17.6 Å². The van der Waals surface area contributed by atoms with Crippen molar-refractivity contribution in [2.45, 2.75) is 44.2 Å². The molecule has 1 aliphatic heterocycles. The monoisotopic (exact) mass is 370 g/mol. The summed E-state index contributed by atoms with van der Waals surface area (Å²) < 4.78 is 27.9. The van der Waals surface area contributed by atoms with Gasteiger partial charge >= 0.3 is 0 Å². The van der Waals surface area contributed by atoms with Crippen molar-refractivity contribution < 1.29 is 13.6 Å². The minimum Gasteiger partial charge on any atom is -0.338 e. The van der Waals surface area contributed by atoms with E-state index in [1.54, 1.807) is 24.3 Å². The number of carbonyl (C=O) groups is 1. The van der Waals surface area contributed by atoms with Crippen molar-refractivity contribution in [2.24, 2.45) is 11.7 Å². The van der Waals surface area contributed by atoms with E-state index in [0.717, 1.165) is 31.2 Å². The summed E-state index contributed by atoms with van der Waals surface area (Å²) in [5.41, 5.74) is 8.08. The van der Waals surface area contributed by atoms with Crippen LogP contribution in [-0.2, 0) is 11.2 Å². The number of nitrogens with two attached hydrogens (primary N) is 1. The van der Waals surface area contributed by atoms with Crippen LogP contribution in [-0.4, -0.2) is 29.4 Å². The average Bonchev–Trinajstić information content (AvgIpc) is 2.96. The van der Waals surface area contributed by atoms with Crippen LogP contribution in [0.3, 0.4) is 0 Å². The molecule has 2 aromatic rings. The van der Waals surface area contributed by atoms with Crippen LogP contribution in [0.15, 0.2) is 42.5 Å². The predicted octanol–water partition coefficient (Wildman–Crippen LogP) is 3.90. The summed E-state index contributed by atoms with van der Waals surface area (Å²) in [5.74, 6) is -0.421. The summed E-state index contributed by atoms with van der Waals surface area (Å²) in [6, 6.07) is 10.7. The lowest BCUT2D eigenvalue weighted by Crippen LogP contribution is -2.47. The summed E-state index contributed by atoms with van der Waals surface area (Å²) in [5, 5.41) is 0. The second-order valence-corrected chi connectivity index (χ2v) is 7.71. The molecule has 2 atom stereocenters. The number of carbonyl (C=O) groups excluding carboxylic acids is 1. The Morgan fingerprint density at radius 3 is 2.63 bits per heavy atom. The number of likely N-dealkylation sites (tertiary alicyclic amines) is 1. The Kier molecular flexibility index (Phi) is 4.96. The Morgan fingerprint density at radius 1 is 1.11 bits per heavy atom. The Labute approximate surface area is 158 Å². The number of amides is 1. The van der Waals surface area contributed by atoms with Gasteiger partial charge in [-0.25, -0.2) is 8.78 Å². The van der Waals surface area contributed by atoms with E-state index in [4.69, 9.17) is 5.73 Å². The maximum atomic E-state index is 14.3. The first-order valence-electron chi connectivity index (χ1n) is 9.63. The molecule has 0 radical (unpaired) electrons. The van der Waals surface area contributed by atoms with Crippen molar-refractivity contribution >= 4 is 5.91 Å². The molecule has 5 heteroatoms. The molecule has 2 fully saturated rings. The quantitative estimate of drug-likeness (QED) is 0.887. The van der Waals surface area contributed by atoms with E-state index >= 15 is 0 Å². The van der Waals surface area contributed by atoms with Gasteiger partial charge < -0.3 is 10.6 Å². The molecule has 1 saturated carbocycles. The van der Waals surface area contributed by atoms with E-state index in [2.05, 4.69) is 0 Å². The van der Waals surface area contributed by atoms with Crippen LogP contribution < -0.4 is 5.73 Å². The molecule has 3 nitrogen and oxygen atoms in total. The first-order chi connectivity index (χ1) is 13.0. The van der Waals surface area contributed by atoms with Gasteiger partial charge in [0.1, 0.15) is 11.6 Å². The smallest absolute Gasteiger partial charge is 0.225 e. The van der Waals surface area contributed by atoms with Crippen molar-refractivity contribution in [1.29, 1.82) is 0 Å². The lowest BCUT2D eigenvalue weighted by Gasteiger charge is -2.34. The fourth-order valence-electron chi connectivity index (χ4n) is 4.12. The number of halogens is 2. The van der Waals surface area contributed by atoms with Gasteiger partial charge in [-0.2, -0.15) is 0 Å². The lowest BCUT2D eigenvalue weighted by atomic mass is 9.84. The SMILES string of the molecule is NC1CCN(C(=O)C2CCC2)C1Cc1ccc(F)c(-c2cccc(F)c2)c1. The normalized spacial score (nSPS) is 22.7. The largest absolute Gasteiger partial charge is 0.338 e. The van der Waals surface area contributed by atoms with Crippen molar-refractivity contribution in [1.82, 2.24) is 4.90 Å². The van der Waals surface area contributed by atoms with Gasteiger partial charge in [0, 0.05) is 24.1 Å². The highest BCUT2D eigenvalue weighted by molar-refractivity contribution is 5.80. The molecule has 2 aromatic carbocycles. The van der Waals surface area contributed by atoms with Crippen molar-refractivity contribution in [3.05, 3.63) is 59.7 Å². The van der Waals surface area contributed by atoms with Gasteiger partial charge in [-0.05, 0) is 61.1 Å². The van der Waals surface area contributed by atoms with Gasteiger partial charge in [0.25, 0.3) is 0 Å². The molecule has 1 aliphatic carbocycles. The van der Waals surface area contributed by atoms with Crippen LogP contribution in [0.4, 0.5) is 8.78 Å². The predicted molar refractivity (Wildman–Crippen MR) is 101 cm³/mol. The number of nitrogens with zero attached hydrogens (tertiary/aromatic N) is 1. The van der Waals surface area contributed by atoms with Crippen LogP contribution in [0.25, 0.3) is 11.1 Å². The molecule has 4 rings (SSSR count). The molecule has 2 N–H and O–H groups in total. The van der Waals surface area contributed by atoms with E-state index in [0.29, 0.717) is 24.1 Å². The third kappa shape index (κ3) is 3.61. The second kappa shape index (κ2) is 7.39. The molecule has 2 unspecified atom stereocenters. The summed E-state index contributed by atoms with van der Waals surface area (Å²) in [7, 11) is 0. The molecule has 142 valence electrons. The summed E-state index contributed by atoms with van der Waals surface area (Å²) in [6.07, 6.45) is 4.44. The molecule has 1 saturated heterocycles. The van der Waals surface area contributed by atoms with Gasteiger partial charge in [0.2, 0.25) is 5.91 Å². The fourth-order valence-corrected chi connectivity index (χ4v) is 4.12. The number of hydrogen-bond acceptors (Lipinski definition) is 2. The second-order valence-electron chi connectivity index (χ2n) is 7.71. The number of rotatable bonds is 4. The highest BCUT2D eigenvalue weighted by atomic mass is 19.1. The van der Waals surface area contributed by atoms with E-state index in [1.165, 1.54) is 18.2 Å². The molecule has 0 spiro atoms. The van der Waals surface area contributed by atoms with Crippen molar-refractivity contribution in [2.75, 3.05) is 6.54 Å². The van der Waals surface area contributed by atoms with E-state index < -0.39 is 5.82 Å². The first kappa shape index (κ1) is 18.1. The third-order valence-corrected chi connectivity index (χ3v) is 5.95.